The summed E-state index contributed by atoms with van der Waals surface area (Å²) in [5, 5.41) is 3.33. The molecule has 2 aromatic rings. The third-order valence-electron chi connectivity index (χ3n) is 4.10. The summed E-state index contributed by atoms with van der Waals surface area (Å²) in [6, 6.07) is 10.5. The van der Waals surface area contributed by atoms with E-state index in [1.54, 1.807) is 43.5 Å². The van der Waals surface area contributed by atoms with Gasteiger partial charge in [0.2, 0.25) is 5.91 Å². The Labute approximate surface area is 139 Å². The lowest BCUT2D eigenvalue weighted by Gasteiger charge is -2.08. The maximum absolute atomic E-state index is 12.5. The molecule has 0 saturated carbocycles. The molecule has 0 aromatic heterocycles. The van der Waals surface area contributed by atoms with E-state index in [1.165, 1.54) is 0 Å². The Morgan fingerprint density at radius 2 is 2.04 bits per heavy atom. The van der Waals surface area contributed by atoms with Crippen LogP contribution in [0.25, 0.3) is 0 Å². The zero-order chi connectivity index (χ0) is 16.6. The molecule has 0 saturated heterocycles. The van der Waals surface area contributed by atoms with Gasteiger partial charge < -0.3 is 10.1 Å². The van der Waals surface area contributed by atoms with Crippen molar-refractivity contribution in [1.82, 2.24) is 0 Å². The van der Waals surface area contributed by atoms with Gasteiger partial charge in [0.15, 0.2) is 5.78 Å². The van der Waals surface area contributed by atoms with Crippen LogP contribution in [-0.2, 0) is 11.2 Å². The number of hydrogen-bond acceptors (Lipinski definition) is 3. The molecule has 0 aliphatic carbocycles. The van der Waals surface area contributed by atoms with Crippen molar-refractivity contribution >= 4 is 29.0 Å². The van der Waals surface area contributed by atoms with Crippen LogP contribution in [0.15, 0.2) is 36.4 Å². The number of ether oxygens (including phenoxy) is 1. The van der Waals surface area contributed by atoms with Crippen molar-refractivity contribution in [3.63, 3.8) is 0 Å². The second-order valence-electron chi connectivity index (χ2n) is 5.57. The second kappa shape index (κ2) is 6.05. The van der Waals surface area contributed by atoms with E-state index in [9.17, 15) is 9.59 Å². The Bertz CT molecular complexity index is 801. The summed E-state index contributed by atoms with van der Waals surface area (Å²) in [4.78, 5) is 24.2. The average molecular weight is 330 g/mol. The number of methoxy groups -OCH3 is 1. The highest BCUT2D eigenvalue weighted by molar-refractivity contribution is 6.31. The fourth-order valence-electron chi connectivity index (χ4n) is 2.68. The summed E-state index contributed by atoms with van der Waals surface area (Å²) in [5.41, 5.74) is 2.93. The van der Waals surface area contributed by atoms with Gasteiger partial charge in [-0.1, -0.05) is 11.6 Å². The summed E-state index contributed by atoms with van der Waals surface area (Å²) in [7, 11) is 1.57. The molecule has 1 amide bonds. The first-order valence-electron chi connectivity index (χ1n) is 7.30. The number of rotatable bonds is 4. The van der Waals surface area contributed by atoms with Crippen molar-refractivity contribution in [2.75, 3.05) is 12.4 Å². The van der Waals surface area contributed by atoms with Crippen LogP contribution < -0.4 is 10.1 Å². The lowest BCUT2D eigenvalue weighted by atomic mass is 9.96. The number of benzene rings is 2. The number of nitrogens with one attached hydrogen (secondary N) is 1. The average Bonchev–Trinajstić information content (AvgIpc) is 2.83. The number of hydrogen-bond donors (Lipinski definition) is 1. The van der Waals surface area contributed by atoms with Gasteiger partial charge in [-0.3, -0.25) is 9.59 Å². The fraction of sp³-hybridized carbons (Fsp3) is 0.222. The van der Waals surface area contributed by atoms with Gasteiger partial charge in [-0.05, 0) is 54.4 Å². The Morgan fingerprint density at radius 3 is 2.78 bits per heavy atom. The van der Waals surface area contributed by atoms with Crippen LogP contribution in [0.4, 0.5) is 5.69 Å². The first-order chi connectivity index (χ1) is 11.0. The van der Waals surface area contributed by atoms with Crippen molar-refractivity contribution in [2.24, 2.45) is 0 Å². The molecule has 1 heterocycles. The van der Waals surface area contributed by atoms with Gasteiger partial charge in [0.25, 0.3) is 0 Å². The molecule has 5 heteroatoms. The van der Waals surface area contributed by atoms with E-state index in [0.29, 0.717) is 16.3 Å². The van der Waals surface area contributed by atoms with Crippen molar-refractivity contribution in [3.8, 4) is 5.75 Å². The molecule has 0 bridgehead atoms. The lowest BCUT2D eigenvalue weighted by molar-refractivity contribution is -0.116. The van der Waals surface area contributed by atoms with Crippen LogP contribution in [0.3, 0.4) is 0 Å². The summed E-state index contributed by atoms with van der Waals surface area (Å²) >= 11 is 6.16. The lowest BCUT2D eigenvalue weighted by Crippen LogP contribution is -2.08. The fourth-order valence-corrected chi connectivity index (χ4v) is 2.86. The number of carbonyl (C=O) groups excluding carboxylic acids is 2. The second-order valence-corrected chi connectivity index (χ2v) is 5.98. The molecule has 1 N–H and O–H groups in total. The molecule has 1 aliphatic heterocycles. The Morgan fingerprint density at radius 1 is 1.26 bits per heavy atom. The quantitative estimate of drug-likeness (QED) is 0.867. The smallest absolute Gasteiger partial charge is 0.231 e. The number of Topliss-reactive ketones (excluding diaryl/α,β-unsaturated/α-hetero) is 1. The zero-order valence-electron chi connectivity index (χ0n) is 12.9. The number of anilines is 1. The minimum atomic E-state index is -0.238. The molecule has 2 aromatic carbocycles. The van der Waals surface area contributed by atoms with Crippen LogP contribution in [0.1, 0.15) is 34.3 Å². The van der Waals surface area contributed by atoms with E-state index in [4.69, 9.17) is 16.3 Å². The third kappa shape index (κ3) is 2.94. The van der Waals surface area contributed by atoms with Gasteiger partial charge >= 0.3 is 0 Å². The molecule has 1 unspecified atom stereocenters. The summed E-state index contributed by atoms with van der Waals surface area (Å²) in [5.74, 6) is 0.336. The minimum absolute atomic E-state index is 0.0413. The topological polar surface area (TPSA) is 55.4 Å². The van der Waals surface area contributed by atoms with E-state index in [0.717, 1.165) is 16.8 Å². The van der Waals surface area contributed by atoms with Crippen molar-refractivity contribution in [2.45, 2.75) is 19.3 Å². The molecule has 4 nitrogen and oxygen atoms in total. The molecular formula is C18H16ClNO3. The monoisotopic (exact) mass is 329 g/mol. The maximum atomic E-state index is 12.5. The normalized spacial score (nSPS) is 16.0. The SMILES string of the molecule is COc1ccc(Cl)c(CC(=O)c2ccc3c(c2)C(C)C(=O)N3)c1. The van der Waals surface area contributed by atoms with E-state index in [-0.39, 0.29) is 24.0 Å². The molecule has 0 radical (unpaired) electrons. The van der Waals surface area contributed by atoms with E-state index < -0.39 is 0 Å². The zero-order valence-corrected chi connectivity index (χ0v) is 13.6. The van der Waals surface area contributed by atoms with Gasteiger partial charge in [0.1, 0.15) is 5.75 Å². The number of amides is 1. The number of halogens is 1. The Kier molecular flexibility index (Phi) is 4.09. The molecule has 1 atom stereocenters. The minimum Gasteiger partial charge on any atom is -0.497 e. The highest BCUT2D eigenvalue weighted by Gasteiger charge is 2.27. The molecule has 23 heavy (non-hydrogen) atoms. The number of carbonyl (C=O) groups is 2. The van der Waals surface area contributed by atoms with Crippen molar-refractivity contribution in [1.29, 1.82) is 0 Å². The van der Waals surface area contributed by atoms with Crippen molar-refractivity contribution in [3.05, 3.63) is 58.1 Å². The summed E-state index contributed by atoms with van der Waals surface area (Å²) in [6.45, 7) is 1.83. The van der Waals surface area contributed by atoms with Crippen LogP contribution in [0, 0.1) is 0 Å². The number of fused-ring (bicyclic) bond motifs is 1. The van der Waals surface area contributed by atoms with E-state index in [1.807, 2.05) is 6.92 Å². The molecular weight excluding hydrogens is 314 g/mol. The van der Waals surface area contributed by atoms with Crippen LogP contribution in [0.2, 0.25) is 5.02 Å². The van der Waals surface area contributed by atoms with Gasteiger partial charge in [-0.2, -0.15) is 0 Å². The maximum Gasteiger partial charge on any atom is 0.231 e. The van der Waals surface area contributed by atoms with Crippen LogP contribution >= 0.6 is 11.6 Å². The van der Waals surface area contributed by atoms with E-state index in [2.05, 4.69) is 5.32 Å². The summed E-state index contributed by atoms with van der Waals surface area (Å²) in [6.07, 6.45) is 0.185. The first-order valence-corrected chi connectivity index (χ1v) is 7.68. The standard InChI is InChI=1S/C18H16ClNO3/c1-10-14-8-11(3-6-16(14)20-18(10)22)17(21)9-12-7-13(23-2)4-5-15(12)19/h3-8,10H,9H2,1-2H3,(H,20,22). The Hall–Kier alpha value is -2.33. The molecule has 3 rings (SSSR count). The predicted octanol–water partition coefficient (Wildman–Crippen LogP) is 3.83. The van der Waals surface area contributed by atoms with Gasteiger partial charge in [0.05, 0.1) is 13.0 Å². The Balaban J connectivity index is 1.86. The van der Waals surface area contributed by atoms with Gasteiger partial charge in [0, 0.05) is 22.7 Å². The first kappa shape index (κ1) is 15.6. The highest BCUT2D eigenvalue weighted by Crippen LogP contribution is 2.33. The van der Waals surface area contributed by atoms with Crippen molar-refractivity contribution < 1.29 is 14.3 Å². The number of ketones is 1. The van der Waals surface area contributed by atoms with E-state index >= 15 is 0 Å². The molecule has 0 fully saturated rings. The largest absolute Gasteiger partial charge is 0.497 e. The van der Waals surface area contributed by atoms with Crippen LogP contribution in [0.5, 0.6) is 5.75 Å². The summed E-state index contributed by atoms with van der Waals surface area (Å²) < 4.78 is 5.17. The molecule has 118 valence electrons. The van der Waals surface area contributed by atoms with Gasteiger partial charge in [-0.25, -0.2) is 0 Å². The molecule has 0 spiro atoms. The highest BCUT2D eigenvalue weighted by atomic mass is 35.5. The third-order valence-corrected chi connectivity index (χ3v) is 4.46. The molecule has 1 aliphatic rings. The predicted molar refractivity (Wildman–Crippen MR) is 89.5 cm³/mol. The van der Waals surface area contributed by atoms with Gasteiger partial charge in [-0.15, -0.1) is 0 Å². The van der Waals surface area contributed by atoms with Crippen LogP contribution in [-0.4, -0.2) is 18.8 Å².